The molecule has 16 heavy (non-hydrogen) atoms. The minimum Gasteiger partial charge on any atom is -0.334 e. The smallest absolute Gasteiger partial charge is 0.256 e. The number of amides is 1. The van der Waals surface area contributed by atoms with Gasteiger partial charge in [-0.05, 0) is 50.8 Å². The average Bonchev–Trinajstić information content (AvgIpc) is 3.00. The number of hydrogen-bond acceptors (Lipinski definition) is 2. The number of carbonyl (C=O) groups excluding carboxylic acids is 1. The van der Waals surface area contributed by atoms with Crippen LogP contribution in [0.2, 0.25) is 0 Å². The molecule has 0 unspecified atom stereocenters. The first-order chi connectivity index (χ1) is 7.63. The first kappa shape index (κ1) is 12.9. The minimum absolute atomic E-state index is 0.0805. The van der Waals surface area contributed by atoms with E-state index in [0.717, 1.165) is 26.0 Å². The zero-order valence-electron chi connectivity index (χ0n) is 8.38. The fraction of sp³-hybridized carbons (Fsp3) is 0.500. The predicted molar refractivity (Wildman–Crippen MR) is 74.5 cm³/mol. The van der Waals surface area contributed by atoms with Gasteiger partial charge in [-0.15, -0.1) is 22.9 Å². The molecule has 0 radical (unpaired) electrons. The van der Waals surface area contributed by atoms with Crippen molar-refractivity contribution in [3.63, 3.8) is 0 Å². The maximum absolute atomic E-state index is 12.3. The quantitative estimate of drug-likeness (QED) is 0.712. The number of nitrogens with zero attached hydrogens (tertiary/aromatic N) is 1. The molecule has 0 atom stereocenters. The number of rotatable bonds is 4. The highest BCUT2D eigenvalue weighted by Crippen LogP contribution is 2.35. The predicted octanol–water partition coefficient (Wildman–Crippen LogP) is 4.12. The fourth-order valence-corrected chi connectivity index (χ4v) is 4.53. The molecule has 0 saturated heterocycles. The van der Waals surface area contributed by atoms with E-state index < -0.39 is 0 Å². The Morgan fingerprint density at radius 2 is 2.25 bits per heavy atom. The Bertz CT molecular complexity index is 406. The van der Waals surface area contributed by atoms with Crippen LogP contribution < -0.4 is 0 Å². The van der Waals surface area contributed by atoms with Crippen LogP contribution in [-0.2, 0) is 0 Å². The Balaban J connectivity index is 2.18. The van der Waals surface area contributed by atoms with Crippen LogP contribution in [0.5, 0.6) is 0 Å². The van der Waals surface area contributed by atoms with Gasteiger partial charge in [0.25, 0.3) is 5.91 Å². The molecule has 1 amide bonds. The molecule has 1 aromatic rings. The summed E-state index contributed by atoms with van der Waals surface area (Å²) >= 11 is 14.0. The summed E-state index contributed by atoms with van der Waals surface area (Å²) in [6.45, 7) is 0.630. The molecule has 1 aliphatic carbocycles. The van der Waals surface area contributed by atoms with Gasteiger partial charge in [-0.1, -0.05) is 0 Å². The van der Waals surface area contributed by atoms with E-state index in [1.54, 1.807) is 0 Å². The summed E-state index contributed by atoms with van der Waals surface area (Å²) in [4.78, 5) is 14.2. The Labute approximate surface area is 120 Å². The van der Waals surface area contributed by atoms with Crippen molar-refractivity contribution >= 4 is 60.7 Å². The Hall–Kier alpha value is 0.420. The summed E-state index contributed by atoms with van der Waals surface area (Å²) in [6, 6.07) is 2.26. The van der Waals surface area contributed by atoms with Gasteiger partial charge in [-0.25, -0.2) is 0 Å². The van der Waals surface area contributed by atoms with Crippen molar-refractivity contribution in [3.8, 4) is 0 Å². The van der Waals surface area contributed by atoms with Crippen LogP contribution in [0.3, 0.4) is 0 Å². The van der Waals surface area contributed by atoms with E-state index in [4.69, 9.17) is 11.6 Å². The molecule has 0 N–H and O–H groups in total. The van der Waals surface area contributed by atoms with E-state index in [1.807, 2.05) is 11.0 Å². The topological polar surface area (TPSA) is 20.3 Å². The molecular weight excluding hydrogens is 377 g/mol. The zero-order valence-corrected chi connectivity index (χ0v) is 13.1. The molecule has 0 aromatic carbocycles. The highest BCUT2D eigenvalue weighted by atomic mass is 79.9. The number of alkyl halides is 1. The van der Waals surface area contributed by atoms with Crippen molar-refractivity contribution in [3.05, 3.63) is 19.2 Å². The molecule has 1 aromatic heterocycles. The molecule has 1 aliphatic rings. The van der Waals surface area contributed by atoms with Crippen LogP contribution in [0.25, 0.3) is 0 Å². The Morgan fingerprint density at radius 3 is 2.69 bits per heavy atom. The van der Waals surface area contributed by atoms with Gasteiger partial charge in [-0.2, -0.15) is 0 Å². The first-order valence-corrected chi connectivity index (χ1v) is 7.89. The Kier molecular flexibility index (Phi) is 4.32. The second-order valence-electron chi connectivity index (χ2n) is 3.66. The van der Waals surface area contributed by atoms with Crippen LogP contribution in [-0.4, -0.2) is 29.3 Å². The maximum Gasteiger partial charge on any atom is 0.256 e. The van der Waals surface area contributed by atoms with Crippen molar-refractivity contribution in [2.24, 2.45) is 0 Å². The van der Waals surface area contributed by atoms with E-state index in [9.17, 15) is 4.79 Å². The van der Waals surface area contributed by atoms with Gasteiger partial charge in [-0.3, -0.25) is 4.79 Å². The van der Waals surface area contributed by atoms with Crippen molar-refractivity contribution in [2.45, 2.75) is 18.9 Å². The summed E-state index contributed by atoms with van der Waals surface area (Å²) in [7, 11) is 0. The highest BCUT2D eigenvalue weighted by molar-refractivity contribution is 9.12. The van der Waals surface area contributed by atoms with Crippen LogP contribution in [0.4, 0.5) is 0 Å². The second kappa shape index (κ2) is 5.38. The SMILES string of the molecule is O=C(c1cc(Br)sc1Br)N(CCCl)C1CC1. The molecule has 1 fully saturated rings. The largest absolute Gasteiger partial charge is 0.334 e. The summed E-state index contributed by atoms with van der Waals surface area (Å²) < 4.78 is 1.84. The van der Waals surface area contributed by atoms with Gasteiger partial charge in [0.15, 0.2) is 0 Å². The van der Waals surface area contributed by atoms with Gasteiger partial charge in [0.1, 0.15) is 0 Å². The van der Waals surface area contributed by atoms with Gasteiger partial charge < -0.3 is 4.90 Å². The summed E-state index contributed by atoms with van der Waals surface area (Å²) in [5.41, 5.74) is 0.730. The summed E-state index contributed by atoms with van der Waals surface area (Å²) in [6.07, 6.45) is 2.21. The second-order valence-corrected chi connectivity index (χ2v) is 7.78. The fourth-order valence-electron chi connectivity index (χ4n) is 1.57. The first-order valence-electron chi connectivity index (χ1n) is 4.95. The number of halogens is 3. The van der Waals surface area contributed by atoms with Crippen LogP contribution >= 0.6 is 54.8 Å². The third kappa shape index (κ3) is 2.81. The van der Waals surface area contributed by atoms with Crippen LogP contribution in [0, 0.1) is 0 Å². The maximum atomic E-state index is 12.3. The molecule has 6 heteroatoms. The third-order valence-electron chi connectivity index (χ3n) is 2.46. The molecule has 0 bridgehead atoms. The molecule has 0 aliphatic heterocycles. The lowest BCUT2D eigenvalue weighted by Gasteiger charge is -2.20. The van der Waals surface area contributed by atoms with E-state index >= 15 is 0 Å². The summed E-state index contributed by atoms with van der Waals surface area (Å²) in [5, 5.41) is 0. The molecule has 2 rings (SSSR count). The summed E-state index contributed by atoms with van der Waals surface area (Å²) in [5.74, 6) is 0.572. The van der Waals surface area contributed by atoms with Crippen molar-refractivity contribution < 1.29 is 4.79 Å². The molecule has 88 valence electrons. The minimum atomic E-state index is 0.0805. The normalized spacial score (nSPS) is 15.2. The highest BCUT2D eigenvalue weighted by Gasteiger charge is 2.33. The van der Waals surface area contributed by atoms with Gasteiger partial charge in [0, 0.05) is 18.5 Å². The van der Waals surface area contributed by atoms with Crippen molar-refractivity contribution in [2.75, 3.05) is 12.4 Å². The number of hydrogen-bond donors (Lipinski definition) is 0. The Morgan fingerprint density at radius 1 is 1.56 bits per heavy atom. The van der Waals surface area contributed by atoms with E-state index in [2.05, 4.69) is 31.9 Å². The monoisotopic (exact) mass is 385 g/mol. The zero-order chi connectivity index (χ0) is 11.7. The van der Waals surface area contributed by atoms with Crippen molar-refractivity contribution in [1.82, 2.24) is 4.90 Å². The van der Waals surface area contributed by atoms with E-state index in [1.165, 1.54) is 11.3 Å². The lowest BCUT2D eigenvalue weighted by molar-refractivity contribution is 0.0753. The third-order valence-corrected chi connectivity index (χ3v) is 4.97. The molecular formula is C10H10Br2ClNOS. The number of thiophene rings is 1. The molecule has 2 nitrogen and oxygen atoms in total. The lowest BCUT2D eigenvalue weighted by atomic mass is 10.3. The van der Waals surface area contributed by atoms with Crippen LogP contribution in [0.1, 0.15) is 23.2 Å². The molecule has 1 heterocycles. The van der Waals surface area contributed by atoms with E-state index in [0.29, 0.717) is 18.5 Å². The van der Waals surface area contributed by atoms with Crippen LogP contribution in [0.15, 0.2) is 13.6 Å². The van der Waals surface area contributed by atoms with E-state index in [-0.39, 0.29) is 5.91 Å². The molecule has 1 saturated carbocycles. The average molecular weight is 388 g/mol. The van der Waals surface area contributed by atoms with Gasteiger partial charge >= 0.3 is 0 Å². The lowest BCUT2D eigenvalue weighted by Crippen LogP contribution is -2.34. The van der Waals surface area contributed by atoms with Gasteiger partial charge in [0.05, 0.1) is 13.1 Å². The standard InChI is InChI=1S/C10H10Br2ClNOS/c11-8-5-7(9(12)16-8)10(15)14(4-3-13)6-1-2-6/h5-6H,1-4H2. The van der Waals surface area contributed by atoms with Gasteiger partial charge in [0.2, 0.25) is 0 Å². The van der Waals surface area contributed by atoms with Crippen molar-refractivity contribution in [1.29, 1.82) is 0 Å². The number of carbonyl (C=O) groups is 1. The molecule has 0 spiro atoms.